The lowest BCUT2D eigenvalue weighted by molar-refractivity contribution is 0.175. The lowest BCUT2D eigenvalue weighted by Gasteiger charge is -2.42. The molecule has 2 aliphatic rings. The van der Waals surface area contributed by atoms with Gasteiger partial charge < -0.3 is 0 Å². The van der Waals surface area contributed by atoms with E-state index < -0.39 is 0 Å². The summed E-state index contributed by atoms with van der Waals surface area (Å²) in [6, 6.07) is 15.8. The van der Waals surface area contributed by atoms with Gasteiger partial charge in [-0.15, -0.1) is 0 Å². The van der Waals surface area contributed by atoms with Gasteiger partial charge in [-0.05, 0) is 58.4 Å². The highest BCUT2D eigenvalue weighted by atomic mass is 14.4. The van der Waals surface area contributed by atoms with Gasteiger partial charge in [0.2, 0.25) is 0 Å². The van der Waals surface area contributed by atoms with Gasteiger partial charge >= 0.3 is 0 Å². The molecule has 1 saturated carbocycles. The highest BCUT2D eigenvalue weighted by molar-refractivity contribution is 5.78. The molecule has 2 aromatic carbocycles. The predicted octanol–water partition coefficient (Wildman–Crippen LogP) is 5.02. The molecule has 0 aliphatic heterocycles. The molecule has 4 rings (SSSR count). The summed E-state index contributed by atoms with van der Waals surface area (Å²) in [5, 5.41) is 0. The lowest BCUT2D eigenvalue weighted by atomic mass is 9.62. The van der Waals surface area contributed by atoms with Crippen molar-refractivity contribution in [1.29, 1.82) is 0 Å². The fraction of sp³-hybridized carbons (Fsp3) is 0.368. The van der Waals surface area contributed by atoms with E-state index in [0.29, 0.717) is 0 Å². The average molecular weight is 248 g/mol. The third-order valence-corrected chi connectivity index (χ3v) is 5.22. The van der Waals surface area contributed by atoms with Crippen LogP contribution in [0.25, 0.3) is 11.1 Å². The quantitative estimate of drug-likeness (QED) is 0.567. The number of fused-ring (bicyclic) bond motifs is 3. The van der Waals surface area contributed by atoms with Gasteiger partial charge in [0.05, 0.1) is 0 Å². The minimum atomic E-state index is 0.782. The fourth-order valence-corrected chi connectivity index (χ4v) is 4.35. The van der Waals surface area contributed by atoms with Crippen LogP contribution in [-0.4, -0.2) is 0 Å². The van der Waals surface area contributed by atoms with E-state index in [-0.39, 0.29) is 0 Å². The SMILES string of the molecule is CC1CC(C)C1c1cccc2c1Cc1ccccc1-2. The van der Waals surface area contributed by atoms with Crippen LogP contribution >= 0.6 is 0 Å². The van der Waals surface area contributed by atoms with Gasteiger partial charge in [-0.3, -0.25) is 0 Å². The monoisotopic (exact) mass is 248 g/mol. The van der Waals surface area contributed by atoms with Crippen LogP contribution in [0.2, 0.25) is 0 Å². The fourth-order valence-electron chi connectivity index (χ4n) is 4.35. The van der Waals surface area contributed by atoms with Crippen LogP contribution in [0, 0.1) is 11.8 Å². The molecule has 0 nitrogen and oxygen atoms in total. The van der Waals surface area contributed by atoms with Gasteiger partial charge in [-0.25, -0.2) is 0 Å². The zero-order valence-corrected chi connectivity index (χ0v) is 11.7. The van der Waals surface area contributed by atoms with Crippen molar-refractivity contribution in [3.8, 4) is 11.1 Å². The molecule has 0 spiro atoms. The molecule has 2 aromatic rings. The van der Waals surface area contributed by atoms with Crippen molar-refractivity contribution in [2.24, 2.45) is 11.8 Å². The van der Waals surface area contributed by atoms with Crippen molar-refractivity contribution in [3.63, 3.8) is 0 Å². The molecule has 0 heteroatoms. The second kappa shape index (κ2) is 3.96. The molecule has 0 heterocycles. The highest BCUT2D eigenvalue weighted by Gasteiger charge is 2.38. The third-order valence-electron chi connectivity index (χ3n) is 5.22. The van der Waals surface area contributed by atoms with Crippen LogP contribution in [-0.2, 0) is 6.42 Å². The summed E-state index contributed by atoms with van der Waals surface area (Å²) in [4.78, 5) is 0. The first kappa shape index (κ1) is 11.3. The summed E-state index contributed by atoms with van der Waals surface area (Å²) in [6.45, 7) is 4.82. The summed E-state index contributed by atoms with van der Waals surface area (Å²) in [6.07, 6.45) is 2.53. The maximum atomic E-state index is 2.41. The molecule has 2 aliphatic carbocycles. The van der Waals surface area contributed by atoms with E-state index in [9.17, 15) is 0 Å². The smallest absolute Gasteiger partial charge is 0.00106 e. The van der Waals surface area contributed by atoms with Crippen molar-refractivity contribution >= 4 is 0 Å². The Balaban J connectivity index is 1.85. The van der Waals surface area contributed by atoms with Crippen LogP contribution in [0.4, 0.5) is 0 Å². The normalized spacial score (nSPS) is 27.6. The van der Waals surface area contributed by atoms with Gasteiger partial charge in [0, 0.05) is 0 Å². The second-order valence-electron chi connectivity index (χ2n) is 6.42. The molecule has 19 heavy (non-hydrogen) atoms. The van der Waals surface area contributed by atoms with E-state index in [4.69, 9.17) is 0 Å². The molecule has 96 valence electrons. The van der Waals surface area contributed by atoms with E-state index in [1.54, 1.807) is 11.1 Å². The van der Waals surface area contributed by atoms with Crippen molar-refractivity contribution in [2.45, 2.75) is 32.6 Å². The van der Waals surface area contributed by atoms with E-state index in [1.807, 2.05) is 0 Å². The predicted molar refractivity (Wildman–Crippen MR) is 80.4 cm³/mol. The largest absolute Gasteiger partial charge is 0.0619 e. The first-order chi connectivity index (χ1) is 9.25. The Bertz CT molecular complexity index is 630. The van der Waals surface area contributed by atoms with Crippen LogP contribution in [0.5, 0.6) is 0 Å². The van der Waals surface area contributed by atoms with Crippen molar-refractivity contribution in [3.05, 3.63) is 59.2 Å². The van der Waals surface area contributed by atoms with E-state index >= 15 is 0 Å². The molecule has 2 atom stereocenters. The topological polar surface area (TPSA) is 0 Å². The summed E-state index contributed by atoms with van der Waals surface area (Å²) >= 11 is 0. The van der Waals surface area contributed by atoms with Gasteiger partial charge in [-0.2, -0.15) is 0 Å². The van der Waals surface area contributed by atoms with Crippen LogP contribution < -0.4 is 0 Å². The van der Waals surface area contributed by atoms with Crippen molar-refractivity contribution in [2.75, 3.05) is 0 Å². The number of hydrogen-bond donors (Lipinski definition) is 0. The molecule has 0 bridgehead atoms. The molecule has 0 radical (unpaired) electrons. The van der Waals surface area contributed by atoms with E-state index in [2.05, 4.69) is 56.3 Å². The molecule has 0 saturated heterocycles. The van der Waals surface area contributed by atoms with E-state index in [0.717, 1.165) is 24.2 Å². The average Bonchev–Trinajstić information content (AvgIpc) is 2.78. The second-order valence-corrected chi connectivity index (χ2v) is 6.42. The molecular formula is C19H20. The van der Waals surface area contributed by atoms with Crippen molar-refractivity contribution < 1.29 is 0 Å². The zero-order valence-electron chi connectivity index (χ0n) is 11.7. The standard InChI is InChI=1S/C19H20/c1-12-10-13(2)19(12)17-9-5-8-16-15-7-4-3-6-14(15)11-18(16)17/h3-9,12-13,19H,10-11H2,1-2H3. The summed E-state index contributed by atoms with van der Waals surface area (Å²) in [5.74, 6) is 2.49. The third kappa shape index (κ3) is 1.52. The lowest BCUT2D eigenvalue weighted by Crippen LogP contribution is -2.31. The van der Waals surface area contributed by atoms with Gasteiger partial charge in [0.1, 0.15) is 0 Å². The summed E-state index contributed by atoms with van der Waals surface area (Å²) in [5.41, 5.74) is 7.68. The van der Waals surface area contributed by atoms with Crippen LogP contribution in [0.1, 0.15) is 42.9 Å². The van der Waals surface area contributed by atoms with Crippen LogP contribution in [0.15, 0.2) is 42.5 Å². The first-order valence-electron chi connectivity index (χ1n) is 7.46. The number of hydrogen-bond acceptors (Lipinski definition) is 0. The summed E-state index contributed by atoms with van der Waals surface area (Å²) in [7, 11) is 0. The van der Waals surface area contributed by atoms with Crippen molar-refractivity contribution in [1.82, 2.24) is 0 Å². The molecule has 0 aromatic heterocycles. The molecule has 0 amide bonds. The Hall–Kier alpha value is -1.56. The van der Waals surface area contributed by atoms with Crippen LogP contribution in [0.3, 0.4) is 0 Å². The number of benzene rings is 2. The Morgan fingerprint density at radius 1 is 0.842 bits per heavy atom. The Labute approximate surface area is 115 Å². The zero-order chi connectivity index (χ0) is 13.0. The molecule has 0 N–H and O–H groups in total. The van der Waals surface area contributed by atoms with Gasteiger partial charge in [0.15, 0.2) is 0 Å². The maximum Gasteiger partial charge on any atom is -0.00106 e. The minimum absolute atomic E-state index is 0.782. The van der Waals surface area contributed by atoms with Gasteiger partial charge in [-0.1, -0.05) is 56.3 Å². The summed E-state index contributed by atoms with van der Waals surface area (Å²) < 4.78 is 0. The van der Waals surface area contributed by atoms with Gasteiger partial charge in [0.25, 0.3) is 0 Å². The Morgan fingerprint density at radius 3 is 2.37 bits per heavy atom. The molecule has 1 fully saturated rings. The first-order valence-corrected chi connectivity index (χ1v) is 7.46. The number of rotatable bonds is 1. The highest BCUT2D eigenvalue weighted by Crippen LogP contribution is 2.51. The molecular weight excluding hydrogens is 228 g/mol. The minimum Gasteiger partial charge on any atom is -0.0619 e. The Kier molecular flexibility index (Phi) is 2.35. The molecule has 2 unspecified atom stereocenters. The Morgan fingerprint density at radius 2 is 1.58 bits per heavy atom. The maximum absolute atomic E-state index is 2.41. The van der Waals surface area contributed by atoms with E-state index in [1.165, 1.54) is 23.1 Å².